The highest BCUT2D eigenvalue weighted by molar-refractivity contribution is 7.90. The Labute approximate surface area is 121 Å². The third-order valence-electron chi connectivity index (χ3n) is 3.40. The van der Waals surface area contributed by atoms with Gasteiger partial charge in [0, 0.05) is 20.0 Å². The van der Waals surface area contributed by atoms with E-state index in [0.29, 0.717) is 10.4 Å². The first-order valence-corrected chi connectivity index (χ1v) is 7.38. The molecule has 2 unspecified atom stereocenters. The summed E-state index contributed by atoms with van der Waals surface area (Å²) in [5, 5.41) is 0. The van der Waals surface area contributed by atoms with Gasteiger partial charge in [0.05, 0.1) is 0 Å². The average Bonchev–Trinajstić information content (AvgIpc) is 2.35. The molecule has 0 fully saturated rings. The van der Waals surface area contributed by atoms with Gasteiger partial charge in [0.2, 0.25) is 14.8 Å². The Balaban J connectivity index is 3.72. The van der Waals surface area contributed by atoms with E-state index in [2.05, 4.69) is 6.58 Å². The average molecular weight is 323 g/mol. The van der Waals surface area contributed by atoms with E-state index in [1.54, 1.807) is 0 Å². The van der Waals surface area contributed by atoms with Crippen LogP contribution in [0.1, 0.15) is 6.92 Å². The van der Waals surface area contributed by atoms with Crippen LogP contribution in [0.15, 0.2) is 36.5 Å². The zero-order chi connectivity index (χ0) is 16.6. The van der Waals surface area contributed by atoms with Crippen LogP contribution in [0.25, 0.3) is 0 Å². The molecular weight excluding hydrogens is 307 g/mol. The van der Waals surface area contributed by atoms with E-state index < -0.39 is 38.2 Å². The Kier molecular flexibility index (Phi) is 4.55. The molecule has 2 atom stereocenters. The quantitative estimate of drug-likeness (QED) is 0.744. The van der Waals surface area contributed by atoms with E-state index in [9.17, 15) is 26.4 Å². The number of halogens is 3. The molecule has 118 valence electrons. The standard InChI is InChI=1S/C13H16F3NO3S/c1-9(10(2)18)11-7-5-6-8-12(11,13(14,15)16)21(19,20)17(3)4/h5-8,11H,1H2,2-4H3. The molecule has 0 N–H and O–H groups in total. The van der Waals surface area contributed by atoms with Crippen molar-refractivity contribution in [3.63, 3.8) is 0 Å². The lowest BCUT2D eigenvalue weighted by atomic mass is 9.80. The fraction of sp³-hybridized carbons (Fsp3) is 0.462. The molecule has 0 radical (unpaired) electrons. The van der Waals surface area contributed by atoms with Crippen LogP contribution in [-0.2, 0) is 14.8 Å². The minimum absolute atomic E-state index is 0.404. The molecule has 0 aromatic carbocycles. The number of hydrogen-bond donors (Lipinski definition) is 0. The van der Waals surface area contributed by atoms with Crippen LogP contribution in [0.5, 0.6) is 0 Å². The molecular formula is C13H16F3NO3S. The summed E-state index contributed by atoms with van der Waals surface area (Å²) in [7, 11) is -2.76. The molecule has 4 nitrogen and oxygen atoms in total. The van der Waals surface area contributed by atoms with Gasteiger partial charge in [-0.3, -0.25) is 4.79 Å². The summed E-state index contributed by atoms with van der Waals surface area (Å²) in [4.78, 5) is 11.4. The van der Waals surface area contributed by atoms with Gasteiger partial charge < -0.3 is 0 Å². The van der Waals surface area contributed by atoms with Crippen LogP contribution in [0.2, 0.25) is 0 Å². The fourth-order valence-corrected chi connectivity index (χ4v) is 3.87. The van der Waals surface area contributed by atoms with Gasteiger partial charge in [-0.15, -0.1) is 0 Å². The first kappa shape index (κ1) is 17.6. The van der Waals surface area contributed by atoms with E-state index in [1.165, 1.54) is 6.08 Å². The predicted octanol–water partition coefficient (Wildman–Crippen LogP) is 2.07. The summed E-state index contributed by atoms with van der Waals surface area (Å²) in [5.41, 5.74) is -0.404. The number of carbonyl (C=O) groups is 1. The Morgan fingerprint density at radius 1 is 1.29 bits per heavy atom. The summed E-state index contributed by atoms with van der Waals surface area (Å²) in [5.74, 6) is -2.39. The van der Waals surface area contributed by atoms with E-state index in [1.807, 2.05) is 0 Å². The zero-order valence-electron chi connectivity index (χ0n) is 11.8. The Bertz CT molecular complexity index is 617. The van der Waals surface area contributed by atoms with Crippen molar-refractivity contribution in [3.05, 3.63) is 36.5 Å². The van der Waals surface area contributed by atoms with Crippen molar-refractivity contribution in [3.8, 4) is 0 Å². The molecule has 8 heteroatoms. The number of allylic oxidation sites excluding steroid dienone is 4. The lowest BCUT2D eigenvalue weighted by Crippen LogP contribution is -2.60. The van der Waals surface area contributed by atoms with E-state index >= 15 is 0 Å². The van der Waals surface area contributed by atoms with Gasteiger partial charge in [-0.05, 0) is 12.5 Å². The van der Waals surface area contributed by atoms with Gasteiger partial charge in [-0.1, -0.05) is 30.9 Å². The van der Waals surface area contributed by atoms with Crippen LogP contribution in [-0.4, -0.2) is 43.5 Å². The number of ketones is 1. The van der Waals surface area contributed by atoms with Gasteiger partial charge in [0.1, 0.15) is 0 Å². The highest BCUT2D eigenvalue weighted by atomic mass is 32.2. The summed E-state index contributed by atoms with van der Waals surface area (Å²) < 4.78 is 63.0. The maximum atomic E-state index is 13.7. The lowest BCUT2D eigenvalue weighted by Gasteiger charge is -2.41. The summed E-state index contributed by atoms with van der Waals surface area (Å²) >= 11 is 0. The highest BCUT2D eigenvalue weighted by Gasteiger charge is 2.67. The highest BCUT2D eigenvalue weighted by Crippen LogP contribution is 2.49. The number of sulfonamides is 1. The first-order valence-electron chi connectivity index (χ1n) is 5.94. The number of nitrogens with zero attached hydrogens (tertiary/aromatic N) is 1. The Morgan fingerprint density at radius 2 is 1.81 bits per heavy atom. The minimum atomic E-state index is -5.11. The predicted molar refractivity (Wildman–Crippen MR) is 73.0 cm³/mol. The van der Waals surface area contributed by atoms with Crippen molar-refractivity contribution in [1.29, 1.82) is 0 Å². The van der Waals surface area contributed by atoms with Crippen molar-refractivity contribution in [2.75, 3.05) is 14.1 Å². The van der Waals surface area contributed by atoms with Crippen LogP contribution in [0, 0.1) is 5.92 Å². The number of rotatable bonds is 4. The summed E-state index contributed by atoms with van der Waals surface area (Å²) in [6.45, 7) is 4.40. The van der Waals surface area contributed by atoms with Gasteiger partial charge in [0.15, 0.2) is 5.78 Å². The molecule has 0 saturated carbocycles. The normalized spacial score (nSPS) is 26.1. The van der Waals surface area contributed by atoms with Crippen molar-refractivity contribution < 1.29 is 26.4 Å². The van der Waals surface area contributed by atoms with Crippen LogP contribution in [0.3, 0.4) is 0 Å². The second-order valence-electron chi connectivity index (χ2n) is 4.88. The third kappa shape index (κ3) is 2.57. The van der Waals surface area contributed by atoms with Gasteiger partial charge in [-0.25, -0.2) is 12.7 Å². The summed E-state index contributed by atoms with van der Waals surface area (Å²) in [6.07, 6.45) is -1.22. The van der Waals surface area contributed by atoms with Crippen molar-refractivity contribution in [1.82, 2.24) is 4.31 Å². The molecule has 1 rings (SSSR count). The minimum Gasteiger partial charge on any atom is -0.295 e. The summed E-state index contributed by atoms with van der Waals surface area (Å²) in [6, 6.07) is 0. The molecule has 0 heterocycles. The van der Waals surface area contributed by atoms with Crippen LogP contribution >= 0.6 is 0 Å². The van der Waals surface area contributed by atoms with Crippen molar-refractivity contribution in [2.45, 2.75) is 17.8 Å². The molecule has 0 aromatic heterocycles. The van der Waals surface area contributed by atoms with Crippen molar-refractivity contribution >= 4 is 15.8 Å². The molecule has 0 spiro atoms. The maximum absolute atomic E-state index is 13.7. The lowest BCUT2D eigenvalue weighted by molar-refractivity contribution is -0.157. The molecule has 21 heavy (non-hydrogen) atoms. The first-order chi connectivity index (χ1) is 9.39. The van der Waals surface area contributed by atoms with E-state index in [4.69, 9.17) is 0 Å². The topological polar surface area (TPSA) is 54.5 Å². The zero-order valence-corrected chi connectivity index (χ0v) is 12.6. The third-order valence-corrected chi connectivity index (χ3v) is 5.84. The Morgan fingerprint density at radius 3 is 2.19 bits per heavy atom. The van der Waals surface area contributed by atoms with Gasteiger partial charge in [0.25, 0.3) is 0 Å². The number of hydrogen-bond acceptors (Lipinski definition) is 3. The van der Waals surface area contributed by atoms with E-state index in [-0.39, 0.29) is 0 Å². The molecule has 0 bridgehead atoms. The number of carbonyl (C=O) groups excluding carboxylic acids is 1. The maximum Gasteiger partial charge on any atom is 0.413 e. The van der Waals surface area contributed by atoms with Gasteiger partial charge >= 0.3 is 6.18 Å². The molecule has 0 aromatic rings. The van der Waals surface area contributed by atoms with Crippen molar-refractivity contribution in [2.24, 2.45) is 5.92 Å². The largest absolute Gasteiger partial charge is 0.413 e. The SMILES string of the molecule is C=C(C(C)=O)C1C=CC=CC1(C(F)(F)F)S(=O)(=O)N(C)C. The molecule has 0 amide bonds. The molecule has 0 saturated heterocycles. The van der Waals surface area contributed by atoms with Crippen LogP contribution < -0.4 is 0 Å². The van der Waals surface area contributed by atoms with Crippen LogP contribution in [0.4, 0.5) is 13.2 Å². The molecule has 1 aliphatic carbocycles. The number of alkyl halides is 3. The Hall–Kier alpha value is -1.41. The smallest absolute Gasteiger partial charge is 0.295 e. The monoisotopic (exact) mass is 323 g/mol. The van der Waals surface area contributed by atoms with Gasteiger partial charge in [-0.2, -0.15) is 13.2 Å². The van der Waals surface area contributed by atoms with E-state index in [0.717, 1.165) is 33.2 Å². The molecule has 1 aliphatic rings. The molecule has 0 aliphatic heterocycles. The second kappa shape index (κ2) is 5.42. The second-order valence-corrected chi connectivity index (χ2v) is 7.24. The fourth-order valence-electron chi connectivity index (χ4n) is 2.18. The number of Topliss-reactive ketones (excluding diaryl/α,β-unsaturated/α-hetero) is 1.